The van der Waals surface area contributed by atoms with Gasteiger partial charge in [0, 0.05) is 17.7 Å². The second-order valence-corrected chi connectivity index (χ2v) is 5.95. The Morgan fingerprint density at radius 1 is 1.33 bits per heavy atom. The molecule has 1 aromatic rings. The number of imidazole rings is 1. The van der Waals surface area contributed by atoms with Crippen LogP contribution in [0.2, 0.25) is 0 Å². The van der Waals surface area contributed by atoms with Gasteiger partial charge in [-0.2, -0.15) is 13.2 Å². The van der Waals surface area contributed by atoms with Crippen molar-refractivity contribution in [3.63, 3.8) is 0 Å². The van der Waals surface area contributed by atoms with Crippen molar-refractivity contribution in [2.24, 2.45) is 0 Å². The number of nitrogens with zero attached hydrogens (tertiary/aromatic N) is 2. The standard InChI is InChI=1S/C12H18F3N3/c1-7-5-9(12(13,14)15)18-6-8(11(2,3)4)17-10(18)16-7/h6-7,9H,5H2,1-4H3,(H,16,17). The van der Waals surface area contributed by atoms with Crippen molar-refractivity contribution in [3.8, 4) is 0 Å². The number of nitrogens with one attached hydrogen (secondary N) is 1. The summed E-state index contributed by atoms with van der Waals surface area (Å²) in [5, 5.41) is 3.01. The summed E-state index contributed by atoms with van der Waals surface area (Å²) in [6.45, 7) is 7.56. The highest BCUT2D eigenvalue weighted by Crippen LogP contribution is 2.40. The first kappa shape index (κ1) is 13.2. The predicted molar refractivity (Wildman–Crippen MR) is 63.7 cm³/mol. The highest BCUT2D eigenvalue weighted by atomic mass is 19.4. The second kappa shape index (κ2) is 3.90. The largest absolute Gasteiger partial charge is 0.409 e. The molecule has 1 N–H and O–H groups in total. The van der Waals surface area contributed by atoms with Crippen molar-refractivity contribution in [1.82, 2.24) is 9.55 Å². The minimum absolute atomic E-state index is 0.0381. The number of alkyl halides is 3. The molecule has 18 heavy (non-hydrogen) atoms. The van der Waals surface area contributed by atoms with E-state index in [-0.39, 0.29) is 17.9 Å². The number of hydrogen-bond donors (Lipinski definition) is 1. The summed E-state index contributed by atoms with van der Waals surface area (Å²) in [5.74, 6) is 0.320. The molecular formula is C12H18F3N3. The van der Waals surface area contributed by atoms with E-state index in [4.69, 9.17) is 0 Å². The van der Waals surface area contributed by atoms with Gasteiger partial charge in [0.2, 0.25) is 5.95 Å². The first-order valence-corrected chi connectivity index (χ1v) is 6.01. The summed E-state index contributed by atoms with van der Waals surface area (Å²) in [6, 6.07) is -1.70. The number of rotatable bonds is 0. The third kappa shape index (κ3) is 2.33. The minimum Gasteiger partial charge on any atom is -0.353 e. The third-order valence-electron chi connectivity index (χ3n) is 3.17. The van der Waals surface area contributed by atoms with Crippen molar-refractivity contribution in [2.45, 2.75) is 57.8 Å². The van der Waals surface area contributed by atoms with Gasteiger partial charge in [-0.05, 0) is 13.3 Å². The van der Waals surface area contributed by atoms with Crippen molar-refractivity contribution >= 4 is 5.95 Å². The molecular weight excluding hydrogens is 243 g/mol. The summed E-state index contributed by atoms with van der Waals surface area (Å²) in [6.07, 6.45) is -2.68. The zero-order chi connectivity index (χ0) is 13.7. The maximum absolute atomic E-state index is 13.0. The summed E-state index contributed by atoms with van der Waals surface area (Å²) < 4.78 is 40.3. The van der Waals surface area contributed by atoms with Gasteiger partial charge in [-0.25, -0.2) is 4.98 Å². The maximum atomic E-state index is 13.0. The molecule has 2 rings (SSSR count). The molecule has 2 heterocycles. The summed E-state index contributed by atoms with van der Waals surface area (Å²) in [7, 11) is 0. The van der Waals surface area contributed by atoms with Gasteiger partial charge in [0.25, 0.3) is 0 Å². The first-order chi connectivity index (χ1) is 8.09. The fraction of sp³-hybridized carbons (Fsp3) is 0.750. The van der Waals surface area contributed by atoms with E-state index in [9.17, 15) is 13.2 Å². The molecule has 6 heteroatoms. The summed E-state index contributed by atoms with van der Waals surface area (Å²) >= 11 is 0. The van der Waals surface area contributed by atoms with Crippen LogP contribution >= 0.6 is 0 Å². The Hall–Kier alpha value is -1.20. The quantitative estimate of drug-likeness (QED) is 0.774. The van der Waals surface area contributed by atoms with Gasteiger partial charge >= 0.3 is 6.18 Å². The Morgan fingerprint density at radius 3 is 2.44 bits per heavy atom. The van der Waals surface area contributed by atoms with Crippen LogP contribution < -0.4 is 5.32 Å². The lowest BCUT2D eigenvalue weighted by atomic mass is 9.93. The lowest BCUT2D eigenvalue weighted by Crippen LogP contribution is -2.37. The summed E-state index contributed by atoms with van der Waals surface area (Å²) in [4.78, 5) is 4.29. The topological polar surface area (TPSA) is 29.9 Å². The predicted octanol–water partition coefficient (Wildman–Crippen LogP) is 3.49. The van der Waals surface area contributed by atoms with Crippen LogP contribution in [0.5, 0.6) is 0 Å². The highest BCUT2D eigenvalue weighted by molar-refractivity contribution is 5.35. The van der Waals surface area contributed by atoms with E-state index in [0.717, 1.165) is 0 Å². The number of fused-ring (bicyclic) bond motifs is 1. The molecule has 0 aromatic carbocycles. The molecule has 3 nitrogen and oxygen atoms in total. The lowest BCUT2D eigenvalue weighted by Gasteiger charge is -2.31. The van der Waals surface area contributed by atoms with Gasteiger partial charge in [-0.3, -0.25) is 0 Å². The highest BCUT2D eigenvalue weighted by Gasteiger charge is 2.45. The minimum atomic E-state index is -4.24. The Balaban J connectivity index is 2.46. The Labute approximate surface area is 104 Å². The first-order valence-electron chi connectivity index (χ1n) is 6.01. The van der Waals surface area contributed by atoms with E-state index in [1.807, 2.05) is 20.8 Å². The number of halogens is 3. The van der Waals surface area contributed by atoms with Gasteiger partial charge in [0.15, 0.2) is 0 Å². The second-order valence-electron chi connectivity index (χ2n) is 5.95. The average Bonchev–Trinajstić information content (AvgIpc) is 2.57. The fourth-order valence-electron chi connectivity index (χ4n) is 2.12. The zero-order valence-corrected chi connectivity index (χ0v) is 11.0. The maximum Gasteiger partial charge on any atom is 0.409 e. The van der Waals surface area contributed by atoms with Gasteiger partial charge in [-0.15, -0.1) is 0 Å². The smallest absolute Gasteiger partial charge is 0.353 e. The Bertz CT molecular complexity index is 442. The average molecular weight is 261 g/mol. The van der Waals surface area contributed by atoms with Crippen LogP contribution in [0, 0.1) is 0 Å². The Kier molecular flexibility index (Phi) is 2.87. The molecule has 0 saturated carbocycles. The number of anilines is 1. The third-order valence-corrected chi connectivity index (χ3v) is 3.17. The van der Waals surface area contributed by atoms with Crippen LogP contribution in [0.15, 0.2) is 6.20 Å². The summed E-state index contributed by atoms with van der Waals surface area (Å²) in [5.41, 5.74) is 0.416. The van der Waals surface area contributed by atoms with Gasteiger partial charge < -0.3 is 9.88 Å². The molecule has 0 amide bonds. The van der Waals surface area contributed by atoms with Crippen LogP contribution in [0.3, 0.4) is 0 Å². The van der Waals surface area contributed by atoms with Crippen LogP contribution in [-0.2, 0) is 5.41 Å². The molecule has 1 aromatic heterocycles. The Morgan fingerprint density at radius 2 is 1.94 bits per heavy atom. The van der Waals surface area contributed by atoms with Crippen LogP contribution in [0.25, 0.3) is 0 Å². The normalized spacial score (nSPS) is 24.6. The molecule has 102 valence electrons. The zero-order valence-electron chi connectivity index (χ0n) is 11.0. The van der Waals surface area contributed by atoms with Crippen LogP contribution in [0.1, 0.15) is 45.9 Å². The molecule has 2 unspecified atom stereocenters. The SMILES string of the molecule is CC1CC(C(F)(F)F)n2cc(C(C)(C)C)nc2N1. The molecule has 0 aliphatic carbocycles. The van der Waals surface area contributed by atoms with Gasteiger partial charge in [-0.1, -0.05) is 20.8 Å². The molecule has 1 aliphatic rings. The van der Waals surface area contributed by atoms with Crippen molar-refractivity contribution in [1.29, 1.82) is 0 Å². The van der Waals surface area contributed by atoms with E-state index in [0.29, 0.717) is 11.6 Å². The van der Waals surface area contributed by atoms with E-state index in [1.165, 1.54) is 10.8 Å². The van der Waals surface area contributed by atoms with Crippen molar-refractivity contribution < 1.29 is 13.2 Å². The van der Waals surface area contributed by atoms with E-state index < -0.39 is 12.2 Å². The molecule has 2 atom stereocenters. The lowest BCUT2D eigenvalue weighted by molar-refractivity contribution is -0.170. The van der Waals surface area contributed by atoms with Crippen molar-refractivity contribution in [3.05, 3.63) is 11.9 Å². The molecule has 0 radical (unpaired) electrons. The van der Waals surface area contributed by atoms with Crippen LogP contribution in [-0.4, -0.2) is 21.8 Å². The molecule has 0 spiro atoms. The van der Waals surface area contributed by atoms with E-state index in [1.54, 1.807) is 6.92 Å². The molecule has 0 saturated heterocycles. The fourth-order valence-corrected chi connectivity index (χ4v) is 2.12. The van der Waals surface area contributed by atoms with Gasteiger partial charge in [0.1, 0.15) is 6.04 Å². The van der Waals surface area contributed by atoms with Gasteiger partial charge in [0.05, 0.1) is 5.69 Å². The molecule has 0 bridgehead atoms. The monoisotopic (exact) mass is 261 g/mol. The molecule has 1 aliphatic heterocycles. The van der Waals surface area contributed by atoms with Crippen molar-refractivity contribution in [2.75, 3.05) is 5.32 Å². The van der Waals surface area contributed by atoms with E-state index >= 15 is 0 Å². The van der Waals surface area contributed by atoms with E-state index in [2.05, 4.69) is 10.3 Å². The van der Waals surface area contributed by atoms with Crippen LogP contribution in [0.4, 0.5) is 19.1 Å². The number of aromatic nitrogens is 2. The molecule has 0 fully saturated rings. The number of hydrogen-bond acceptors (Lipinski definition) is 2.